The Morgan fingerprint density at radius 3 is 2.89 bits per heavy atom. The van der Waals surface area contributed by atoms with Crippen LogP contribution in [0.15, 0.2) is 42.5 Å². The summed E-state index contributed by atoms with van der Waals surface area (Å²) in [4.78, 5) is 14.9. The van der Waals surface area contributed by atoms with E-state index in [0.29, 0.717) is 17.9 Å². The van der Waals surface area contributed by atoms with Crippen molar-refractivity contribution in [1.29, 1.82) is 0 Å². The molecule has 0 radical (unpaired) electrons. The molecule has 5 nitrogen and oxygen atoms in total. The lowest BCUT2D eigenvalue weighted by molar-refractivity contribution is -0.115. The van der Waals surface area contributed by atoms with Crippen LogP contribution in [0.3, 0.4) is 0 Å². The van der Waals surface area contributed by atoms with Gasteiger partial charge in [-0.3, -0.25) is 9.69 Å². The Balaban J connectivity index is 1.62. The molecule has 2 aliphatic heterocycles. The third kappa shape index (κ3) is 3.43. The van der Waals surface area contributed by atoms with Gasteiger partial charge >= 0.3 is 0 Å². The highest BCUT2D eigenvalue weighted by Gasteiger charge is 2.34. The molecule has 0 N–H and O–H groups in total. The van der Waals surface area contributed by atoms with E-state index in [1.54, 1.807) is 13.2 Å². The number of ether oxygens (including phenoxy) is 3. The molecule has 0 saturated carbocycles. The van der Waals surface area contributed by atoms with Crippen molar-refractivity contribution in [3.8, 4) is 17.2 Å². The van der Waals surface area contributed by atoms with Gasteiger partial charge in [-0.1, -0.05) is 36.4 Å². The predicted octanol–water partition coefficient (Wildman–Crippen LogP) is 3.63. The number of fused-ring (bicyclic) bond motifs is 2. The molecule has 0 aliphatic carbocycles. The van der Waals surface area contributed by atoms with Crippen LogP contribution in [0, 0.1) is 0 Å². The van der Waals surface area contributed by atoms with Crippen molar-refractivity contribution in [1.82, 2.24) is 4.90 Å². The summed E-state index contributed by atoms with van der Waals surface area (Å²) in [6, 6.07) is 11.8. The topological polar surface area (TPSA) is 48.0 Å². The van der Waals surface area contributed by atoms with Crippen LogP contribution in [-0.4, -0.2) is 38.2 Å². The standard InChI is InChI=1S/C22H23NO4/c1-23-11-10-16-12-19-21(27-14-26-19)22(25-2)20(16)18(23)13-17(24)9-8-15-6-4-3-5-7-15/h3-9,12,18H,10-11,13-14H2,1-2H3/t18-/m1/s1. The lowest BCUT2D eigenvalue weighted by atomic mass is 9.88. The number of likely N-dealkylation sites (N-methyl/N-ethyl adjacent to an activating group) is 1. The molecule has 5 heteroatoms. The van der Waals surface area contributed by atoms with E-state index in [0.717, 1.165) is 29.8 Å². The zero-order valence-corrected chi connectivity index (χ0v) is 15.6. The predicted molar refractivity (Wildman–Crippen MR) is 103 cm³/mol. The van der Waals surface area contributed by atoms with Crippen molar-refractivity contribution < 1.29 is 19.0 Å². The van der Waals surface area contributed by atoms with Crippen LogP contribution in [0.1, 0.15) is 29.2 Å². The fraction of sp³-hybridized carbons (Fsp3) is 0.318. The zero-order chi connectivity index (χ0) is 18.8. The van der Waals surface area contributed by atoms with Crippen molar-refractivity contribution in [2.45, 2.75) is 18.9 Å². The van der Waals surface area contributed by atoms with Gasteiger partial charge in [0.25, 0.3) is 0 Å². The van der Waals surface area contributed by atoms with Gasteiger partial charge in [-0.25, -0.2) is 0 Å². The Morgan fingerprint density at radius 1 is 1.30 bits per heavy atom. The van der Waals surface area contributed by atoms with Crippen molar-refractivity contribution in [2.75, 3.05) is 27.5 Å². The van der Waals surface area contributed by atoms with Gasteiger partial charge in [0.2, 0.25) is 12.5 Å². The first kappa shape index (κ1) is 17.6. The lowest BCUT2D eigenvalue weighted by Crippen LogP contribution is -2.33. The number of rotatable bonds is 5. The van der Waals surface area contributed by atoms with Crippen LogP contribution >= 0.6 is 0 Å². The molecule has 0 amide bonds. The van der Waals surface area contributed by atoms with Crippen molar-refractivity contribution in [3.05, 3.63) is 59.2 Å². The minimum atomic E-state index is -0.0499. The van der Waals surface area contributed by atoms with Crippen molar-refractivity contribution in [2.24, 2.45) is 0 Å². The first-order chi connectivity index (χ1) is 13.2. The number of carbonyl (C=O) groups is 1. The van der Waals surface area contributed by atoms with Gasteiger partial charge in [-0.05, 0) is 36.7 Å². The van der Waals surface area contributed by atoms with E-state index in [1.165, 1.54) is 5.56 Å². The summed E-state index contributed by atoms with van der Waals surface area (Å²) in [5, 5.41) is 0. The van der Waals surface area contributed by atoms with Gasteiger partial charge in [0.1, 0.15) is 0 Å². The molecule has 0 aromatic heterocycles. The van der Waals surface area contributed by atoms with E-state index >= 15 is 0 Å². The van der Waals surface area contributed by atoms with E-state index in [1.807, 2.05) is 49.5 Å². The first-order valence-electron chi connectivity index (χ1n) is 9.13. The van der Waals surface area contributed by atoms with Gasteiger partial charge in [-0.2, -0.15) is 0 Å². The first-order valence-corrected chi connectivity index (χ1v) is 9.13. The van der Waals surface area contributed by atoms with Crippen LogP contribution in [0.4, 0.5) is 0 Å². The van der Waals surface area contributed by atoms with Crippen LogP contribution in [0.5, 0.6) is 17.2 Å². The molecule has 0 bridgehead atoms. The van der Waals surface area contributed by atoms with Crippen LogP contribution in [0.25, 0.3) is 6.08 Å². The normalized spacial score (nSPS) is 18.5. The Bertz CT molecular complexity index is 876. The second-order valence-corrected chi connectivity index (χ2v) is 6.88. The second kappa shape index (κ2) is 7.45. The molecular weight excluding hydrogens is 342 g/mol. The van der Waals surface area contributed by atoms with E-state index in [4.69, 9.17) is 14.2 Å². The maximum Gasteiger partial charge on any atom is 0.231 e. The number of ketones is 1. The van der Waals surface area contributed by atoms with Crippen LogP contribution in [-0.2, 0) is 11.2 Å². The number of hydrogen-bond acceptors (Lipinski definition) is 5. The highest BCUT2D eigenvalue weighted by atomic mass is 16.7. The SMILES string of the molecule is COc1c2c(cc3c1[C@@H](CC(=O)C=Cc1ccccc1)N(C)CC3)OCO2. The minimum Gasteiger partial charge on any atom is -0.492 e. The van der Waals surface area contributed by atoms with Gasteiger partial charge in [0, 0.05) is 24.6 Å². The average molecular weight is 365 g/mol. The molecular formula is C22H23NO4. The lowest BCUT2D eigenvalue weighted by Gasteiger charge is -2.35. The van der Waals surface area contributed by atoms with Gasteiger partial charge < -0.3 is 14.2 Å². The monoisotopic (exact) mass is 365 g/mol. The fourth-order valence-corrected chi connectivity index (χ4v) is 3.80. The smallest absolute Gasteiger partial charge is 0.231 e. The van der Waals surface area contributed by atoms with E-state index < -0.39 is 0 Å². The molecule has 2 aromatic carbocycles. The number of benzene rings is 2. The number of nitrogens with zero attached hydrogens (tertiary/aromatic N) is 1. The van der Waals surface area contributed by atoms with Crippen LogP contribution in [0.2, 0.25) is 0 Å². The highest BCUT2D eigenvalue weighted by molar-refractivity contribution is 5.94. The highest BCUT2D eigenvalue weighted by Crippen LogP contribution is 2.50. The molecule has 27 heavy (non-hydrogen) atoms. The number of hydrogen-bond donors (Lipinski definition) is 0. The third-order valence-electron chi connectivity index (χ3n) is 5.20. The average Bonchev–Trinajstić information content (AvgIpc) is 3.16. The number of methoxy groups -OCH3 is 1. The largest absolute Gasteiger partial charge is 0.492 e. The Hall–Kier alpha value is -2.79. The van der Waals surface area contributed by atoms with Crippen molar-refractivity contribution >= 4 is 11.9 Å². The second-order valence-electron chi connectivity index (χ2n) is 6.88. The molecule has 1 atom stereocenters. The molecule has 2 heterocycles. The summed E-state index contributed by atoms with van der Waals surface area (Å²) in [7, 11) is 3.69. The Morgan fingerprint density at radius 2 is 2.11 bits per heavy atom. The molecule has 0 fully saturated rings. The van der Waals surface area contributed by atoms with Crippen molar-refractivity contribution in [3.63, 3.8) is 0 Å². The summed E-state index contributed by atoms with van der Waals surface area (Å²) < 4.78 is 16.8. The fourth-order valence-electron chi connectivity index (χ4n) is 3.80. The van der Waals surface area contributed by atoms with Gasteiger partial charge in [0.05, 0.1) is 7.11 Å². The number of carbonyl (C=O) groups excluding carboxylic acids is 1. The third-order valence-corrected chi connectivity index (χ3v) is 5.20. The van der Waals surface area contributed by atoms with E-state index in [9.17, 15) is 4.79 Å². The Labute approximate surface area is 159 Å². The zero-order valence-electron chi connectivity index (χ0n) is 15.6. The summed E-state index contributed by atoms with van der Waals surface area (Å²) in [5.41, 5.74) is 3.22. The summed E-state index contributed by atoms with van der Waals surface area (Å²) in [6.45, 7) is 1.09. The molecule has 0 spiro atoms. The Kier molecular flexibility index (Phi) is 4.86. The summed E-state index contributed by atoms with van der Waals surface area (Å²) in [5.74, 6) is 2.15. The maximum absolute atomic E-state index is 12.7. The number of allylic oxidation sites excluding steroid dienone is 1. The summed E-state index contributed by atoms with van der Waals surface area (Å²) >= 11 is 0. The molecule has 0 unspecified atom stereocenters. The summed E-state index contributed by atoms with van der Waals surface area (Å²) in [6.07, 6.45) is 4.81. The quantitative estimate of drug-likeness (QED) is 0.758. The molecule has 2 aliphatic rings. The van der Waals surface area contributed by atoms with E-state index in [2.05, 4.69) is 4.90 Å². The molecule has 2 aromatic rings. The maximum atomic E-state index is 12.7. The molecule has 140 valence electrons. The van der Waals surface area contributed by atoms with Crippen LogP contribution < -0.4 is 14.2 Å². The minimum absolute atomic E-state index is 0.0499. The molecule has 0 saturated heterocycles. The van der Waals surface area contributed by atoms with E-state index in [-0.39, 0.29) is 18.6 Å². The van der Waals surface area contributed by atoms with Gasteiger partial charge in [0.15, 0.2) is 17.3 Å². The molecule has 4 rings (SSSR count). The van der Waals surface area contributed by atoms with Gasteiger partial charge in [-0.15, -0.1) is 0 Å².